The first-order valence-electron chi connectivity index (χ1n) is 8.23. The molecule has 0 aromatic heterocycles. The Balaban J connectivity index is 1.74. The Kier molecular flexibility index (Phi) is 2.76. The van der Waals surface area contributed by atoms with Crippen molar-refractivity contribution < 1.29 is 9.90 Å². The number of aliphatic hydroxyl groups excluding tert-OH is 1. The fourth-order valence-electron chi connectivity index (χ4n) is 5.50. The first-order valence-corrected chi connectivity index (χ1v) is 8.23. The Bertz CT molecular complexity index is 528. The molecule has 0 radical (unpaired) electrons. The van der Waals surface area contributed by atoms with E-state index >= 15 is 0 Å². The van der Waals surface area contributed by atoms with Gasteiger partial charge in [-0.25, -0.2) is 0 Å². The van der Waals surface area contributed by atoms with Crippen molar-refractivity contribution in [3.63, 3.8) is 0 Å². The first-order chi connectivity index (χ1) is 9.59. The van der Waals surface area contributed by atoms with E-state index in [0.717, 1.165) is 32.1 Å². The summed E-state index contributed by atoms with van der Waals surface area (Å²) in [6.45, 7) is 2.31. The summed E-state index contributed by atoms with van der Waals surface area (Å²) in [7, 11) is 0. The average Bonchev–Trinajstić information content (AvgIpc) is 2.74. The van der Waals surface area contributed by atoms with Gasteiger partial charge in [-0.15, -0.1) is 0 Å². The molecule has 4 rings (SSSR count). The zero-order valence-corrected chi connectivity index (χ0v) is 12.3. The van der Waals surface area contributed by atoms with Gasteiger partial charge >= 0.3 is 0 Å². The van der Waals surface area contributed by atoms with Crippen LogP contribution in [0.15, 0.2) is 22.8 Å². The standard InChI is InChI=1S/C18H24O2/c1-18-9-8-14-13-5-3-12(19)10-11(13)2-4-15(14)16(18)6-7-17(18)20/h10,15-17,20H,2-9H2,1H3/t15-,16+,17?,18+/m1/s1. The van der Waals surface area contributed by atoms with E-state index in [-0.39, 0.29) is 11.5 Å². The van der Waals surface area contributed by atoms with Crippen LogP contribution in [-0.2, 0) is 4.79 Å². The van der Waals surface area contributed by atoms with Crippen LogP contribution in [0.2, 0.25) is 0 Å². The summed E-state index contributed by atoms with van der Waals surface area (Å²) in [5, 5.41) is 10.4. The lowest BCUT2D eigenvalue weighted by Crippen LogP contribution is -2.42. The van der Waals surface area contributed by atoms with Gasteiger partial charge in [-0.1, -0.05) is 12.5 Å². The molecule has 2 saturated carbocycles. The largest absolute Gasteiger partial charge is 0.393 e. The second kappa shape index (κ2) is 4.30. The van der Waals surface area contributed by atoms with Gasteiger partial charge in [0.1, 0.15) is 0 Å². The lowest BCUT2D eigenvalue weighted by Gasteiger charge is -2.48. The van der Waals surface area contributed by atoms with E-state index < -0.39 is 0 Å². The fourth-order valence-corrected chi connectivity index (χ4v) is 5.50. The fraction of sp³-hybridized carbons (Fsp3) is 0.722. The molecule has 4 atom stereocenters. The van der Waals surface area contributed by atoms with Crippen LogP contribution in [0.3, 0.4) is 0 Å². The summed E-state index contributed by atoms with van der Waals surface area (Å²) < 4.78 is 0. The highest BCUT2D eigenvalue weighted by molar-refractivity contribution is 5.93. The summed E-state index contributed by atoms with van der Waals surface area (Å²) >= 11 is 0. The minimum absolute atomic E-state index is 0.0936. The lowest BCUT2D eigenvalue weighted by atomic mass is 9.57. The minimum atomic E-state index is -0.0936. The molecule has 4 aliphatic rings. The van der Waals surface area contributed by atoms with Gasteiger partial charge in [0.05, 0.1) is 6.10 Å². The maximum Gasteiger partial charge on any atom is 0.156 e. The van der Waals surface area contributed by atoms with Gasteiger partial charge < -0.3 is 5.11 Å². The molecule has 2 nitrogen and oxygen atoms in total. The van der Waals surface area contributed by atoms with E-state index in [9.17, 15) is 9.90 Å². The maximum absolute atomic E-state index is 11.6. The van der Waals surface area contributed by atoms with Crippen LogP contribution in [-0.4, -0.2) is 17.0 Å². The van der Waals surface area contributed by atoms with Gasteiger partial charge in [-0.2, -0.15) is 0 Å². The highest BCUT2D eigenvalue weighted by Crippen LogP contribution is 2.59. The lowest BCUT2D eigenvalue weighted by molar-refractivity contribution is -0.114. The number of hydrogen-bond acceptors (Lipinski definition) is 2. The summed E-state index contributed by atoms with van der Waals surface area (Å²) in [5.41, 5.74) is 4.69. The highest BCUT2D eigenvalue weighted by atomic mass is 16.3. The molecule has 20 heavy (non-hydrogen) atoms. The van der Waals surface area contributed by atoms with Crippen LogP contribution in [0.5, 0.6) is 0 Å². The number of rotatable bonds is 0. The summed E-state index contributed by atoms with van der Waals surface area (Å²) in [6, 6.07) is 0. The zero-order valence-electron chi connectivity index (χ0n) is 12.3. The number of carbonyl (C=O) groups excluding carboxylic acids is 1. The topological polar surface area (TPSA) is 37.3 Å². The monoisotopic (exact) mass is 272 g/mol. The summed E-state index contributed by atoms with van der Waals surface area (Å²) in [4.78, 5) is 11.6. The van der Waals surface area contributed by atoms with Gasteiger partial charge in [0.2, 0.25) is 0 Å². The number of allylic oxidation sites excluding steroid dienone is 4. The van der Waals surface area contributed by atoms with Crippen molar-refractivity contribution in [1.29, 1.82) is 0 Å². The molecule has 0 saturated heterocycles. The van der Waals surface area contributed by atoms with Crippen LogP contribution in [0.25, 0.3) is 0 Å². The van der Waals surface area contributed by atoms with Gasteiger partial charge in [0.25, 0.3) is 0 Å². The number of hydrogen-bond donors (Lipinski definition) is 1. The molecular formula is C18H24O2. The number of fused-ring (bicyclic) bond motifs is 4. The van der Waals surface area contributed by atoms with Crippen LogP contribution >= 0.6 is 0 Å². The van der Waals surface area contributed by atoms with Crippen molar-refractivity contribution in [2.45, 2.75) is 64.4 Å². The molecule has 0 aromatic carbocycles. The van der Waals surface area contributed by atoms with Crippen LogP contribution in [0, 0.1) is 17.3 Å². The van der Waals surface area contributed by atoms with E-state index in [1.54, 1.807) is 5.57 Å². The van der Waals surface area contributed by atoms with Gasteiger partial charge in [0, 0.05) is 6.42 Å². The van der Waals surface area contributed by atoms with Crippen molar-refractivity contribution >= 4 is 5.78 Å². The van der Waals surface area contributed by atoms with Crippen LogP contribution in [0.1, 0.15) is 58.3 Å². The third-order valence-corrected chi connectivity index (χ3v) is 6.68. The third kappa shape index (κ3) is 1.64. The number of ketones is 1. The maximum atomic E-state index is 11.6. The molecule has 0 spiro atoms. The quantitative estimate of drug-likeness (QED) is 0.732. The van der Waals surface area contributed by atoms with Crippen molar-refractivity contribution in [3.05, 3.63) is 22.8 Å². The van der Waals surface area contributed by atoms with Gasteiger partial charge in [-0.05, 0) is 79.4 Å². The highest BCUT2D eigenvalue weighted by Gasteiger charge is 2.53. The van der Waals surface area contributed by atoms with E-state index in [4.69, 9.17) is 0 Å². The third-order valence-electron chi connectivity index (χ3n) is 6.68. The molecule has 2 heteroatoms. The Hall–Kier alpha value is -0.890. The van der Waals surface area contributed by atoms with Crippen molar-refractivity contribution in [2.24, 2.45) is 17.3 Å². The predicted molar refractivity (Wildman–Crippen MR) is 78.1 cm³/mol. The molecule has 2 fully saturated rings. The molecule has 0 amide bonds. The van der Waals surface area contributed by atoms with Crippen LogP contribution in [0.4, 0.5) is 0 Å². The Morgan fingerprint density at radius 3 is 2.85 bits per heavy atom. The van der Waals surface area contributed by atoms with Crippen LogP contribution < -0.4 is 0 Å². The van der Waals surface area contributed by atoms with E-state index in [0.29, 0.717) is 24.0 Å². The second-order valence-corrected chi connectivity index (χ2v) is 7.49. The second-order valence-electron chi connectivity index (χ2n) is 7.49. The molecule has 0 bridgehead atoms. The van der Waals surface area contributed by atoms with Crippen molar-refractivity contribution in [1.82, 2.24) is 0 Å². The van der Waals surface area contributed by atoms with Crippen molar-refractivity contribution in [3.8, 4) is 0 Å². The van der Waals surface area contributed by atoms with E-state index in [1.807, 2.05) is 6.08 Å². The number of aliphatic hydroxyl groups is 1. The normalized spacial score (nSPS) is 43.8. The first kappa shape index (κ1) is 12.8. The van der Waals surface area contributed by atoms with Gasteiger partial charge in [-0.3, -0.25) is 4.79 Å². The Morgan fingerprint density at radius 2 is 2.00 bits per heavy atom. The molecule has 4 aliphatic carbocycles. The minimum Gasteiger partial charge on any atom is -0.393 e. The average molecular weight is 272 g/mol. The SMILES string of the molecule is C[C@]12CCC3=C4CCC(=O)C=C4CC[C@H]3[C@@H]1CCC2O. The zero-order chi connectivity index (χ0) is 13.9. The molecular weight excluding hydrogens is 248 g/mol. The van der Waals surface area contributed by atoms with Gasteiger partial charge in [0.15, 0.2) is 5.78 Å². The molecule has 1 unspecified atom stereocenters. The summed E-state index contributed by atoms with van der Waals surface area (Å²) in [5.74, 6) is 1.68. The smallest absolute Gasteiger partial charge is 0.156 e. The molecule has 0 heterocycles. The molecule has 0 aliphatic heterocycles. The molecule has 1 N–H and O–H groups in total. The molecule has 0 aromatic rings. The molecule has 108 valence electrons. The number of carbonyl (C=O) groups is 1. The Labute approximate surface area is 120 Å². The Morgan fingerprint density at radius 1 is 1.15 bits per heavy atom. The summed E-state index contributed by atoms with van der Waals surface area (Å²) in [6.07, 6.45) is 10.2. The van der Waals surface area contributed by atoms with Crippen molar-refractivity contribution in [2.75, 3.05) is 0 Å². The van der Waals surface area contributed by atoms with E-state index in [1.165, 1.54) is 24.0 Å². The van der Waals surface area contributed by atoms with E-state index in [2.05, 4.69) is 6.92 Å². The predicted octanol–water partition coefficient (Wildman–Crippen LogP) is 3.55.